The third-order valence-corrected chi connectivity index (χ3v) is 8.60. The van der Waals surface area contributed by atoms with Gasteiger partial charge in [-0.3, -0.25) is 19.2 Å². The maximum Gasteiger partial charge on any atom is 0.312 e. The Bertz CT molecular complexity index is 668. The van der Waals surface area contributed by atoms with E-state index in [1.165, 1.54) is 0 Å². The Kier molecular flexibility index (Phi) is 3.13. The maximum atomic E-state index is 12.9. The summed E-state index contributed by atoms with van der Waals surface area (Å²) in [4.78, 5) is 51.7. The quantitative estimate of drug-likeness (QED) is 0.489. The molecule has 5 rings (SSSR count). The van der Waals surface area contributed by atoms with Gasteiger partial charge in [-0.25, -0.2) is 0 Å². The van der Waals surface area contributed by atoms with Crippen LogP contribution in [-0.4, -0.2) is 44.3 Å². The minimum Gasteiger partial charge on any atom is -0.481 e. The number of hydrogen-bond donors (Lipinski definition) is 4. The van der Waals surface area contributed by atoms with Crippen LogP contribution in [0.5, 0.6) is 0 Å². The molecule has 0 saturated heterocycles. The van der Waals surface area contributed by atoms with Crippen LogP contribution in [-0.2, 0) is 19.2 Å². The summed E-state index contributed by atoms with van der Waals surface area (Å²) >= 11 is 0. The topological polar surface area (TPSA) is 149 Å². The van der Waals surface area contributed by atoms with E-state index in [2.05, 4.69) is 0 Å². The Morgan fingerprint density at radius 3 is 0.643 bits per heavy atom. The van der Waals surface area contributed by atoms with Crippen molar-refractivity contribution >= 4 is 23.9 Å². The average molecular weight is 392 g/mol. The molecule has 8 nitrogen and oxygen atoms in total. The summed E-state index contributed by atoms with van der Waals surface area (Å²) in [6, 6.07) is 0. The molecule has 0 aromatic carbocycles. The van der Waals surface area contributed by atoms with Gasteiger partial charge in [-0.2, -0.15) is 0 Å². The van der Waals surface area contributed by atoms with Gasteiger partial charge in [0.2, 0.25) is 0 Å². The van der Waals surface area contributed by atoms with E-state index in [-0.39, 0.29) is 0 Å². The van der Waals surface area contributed by atoms with E-state index in [9.17, 15) is 39.6 Å². The van der Waals surface area contributed by atoms with Gasteiger partial charge in [-0.05, 0) is 75.0 Å². The van der Waals surface area contributed by atoms with Crippen molar-refractivity contribution in [1.29, 1.82) is 0 Å². The van der Waals surface area contributed by atoms with Crippen LogP contribution in [0.3, 0.4) is 0 Å². The third-order valence-electron chi connectivity index (χ3n) is 8.60. The summed E-state index contributed by atoms with van der Waals surface area (Å²) in [5.74, 6) is -8.05. The molecule has 0 unspecified atom stereocenters. The number of carboxylic acid groups (broad SMARTS) is 4. The Hall–Kier alpha value is -2.12. The molecule has 28 heavy (non-hydrogen) atoms. The Morgan fingerprint density at radius 1 is 0.429 bits per heavy atom. The van der Waals surface area contributed by atoms with E-state index in [0.717, 1.165) is 0 Å². The summed E-state index contributed by atoms with van der Waals surface area (Å²) in [7, 11) is 0. The molecule has 0 aromatic rings. The largest absolute Gasteiger partial charge is 0.481 e. The lowest BCUT2D eigenvalue weighted by molar-refractivity contribution is -0.340. The molecule has 0 atom stereocenters. The van der Waals surface area contributed by atoms with Gasteiger partial charge in [-0.15, -0.1) is 0 Å². The molecule has 0 heterocycles. The molecule has 5 aliphatic carbocycles. The van der Waals surface area contributed by atoms with Gasteiger partial charge in [0, 0.05) is 0 Å². The van der Waals surface area contributed by atoms with Crippen molar-refractivity contribution in [2.45, 2.75) is 51.4 Å². The predicted octanol–water partition coefficient (Wildman–Crippen LogP) is 1.92. The normalized spacial score (nSPS) is 45.1. The number of aliphatic carboxylic acids is 4. The van der Waals surface area contributed by atoms with Crippen molar-refractivity contribution in [3.63, 3.8) is 0 Å². The summed E-state index contributed by atoms with van der Waals surface area (Å²) < 4.78 is 0. The lowest BCUT2D eigenvalue weighted by atomic mass is 9.19. The standard InChI is InChI=1S/C20H24O8/c21-13(22)17(9-1-2-9)18(14(23)24,10-3-4-10)20(16(27)28,12-7-8-12)19(17,15(25)26)11-5-6-11/h9-12H,1-8H2,(H,21,22)(H,23,24)(H,25,26)(H,27,28). The lowest BCUT2D eigenvalue weighted by Crippen LogP contribution is -2.90. The van der Waals surface area contributed by atoms with E-state index in [0.29, 0.717) is 51.4 Å². The molecule has 0 bridgehead atoms. The first-order valence-corrected chi connectivity index (χ1v) is 10.1. The smallest absolute Gasteiger partial charge is 0.312 e. The van der Waals surface area contributed by atoms with Gasteiger partial charge in [0.15, 0.2) is 0 Å². The molecule has 0 spiro atoms. The van der Waals surface area contributed by atoms with Crippen LogP contribution in [0.15, 0.2) is 0 Å². The zero-order chi connectivity index (χ0) is 20.3. The second kappa shape index (κ2) is 4.89. The van der Waals surface area contributed by atoms with Crippen LogP contribution in [0, 0.1) is 45.3 Å². The summed E-state index contributed by atoms with van der Waals surface area (Å²) in [5, 5.41) is 42.1. The molecule has 4 N–H and O–H groups in total. The molecule has 0 aliphatic heterocycles. The van der Waals surface area contributed by atoms with Crippen molar-refractivity contribution in [2.75, 3.05) is 0 Å². The number of carbonyl (C=O) groups is 4. The van der Waals surface area contributed by atoms with E-state index in [1.807, 2.05) is 0 Å². The van der Waals surface area contributed by atoms with E-state index in [4.69, 9.17) is 0 Å². The van der Waals surface area contributed by atoms with Crippen molar-refractivity contribution in [2.24, 2.45) is 45.3 Å². The lowest BCUT2D eigenvalue weighted by Gasteiger charge is -2.76. The minimum absolute atomic E-state index is 0.441. The fourth-order valence-corrected chi connectivity index (χ4v) is 7.87. The Balaban J connectivity index is 1.94. The molecule has 0 aromatic heterocycles. The molecular formula is C20H24O8. The minimum atomic E-state index is -2.05. The molecule has 8 heteroatoms. The predicted molar refractivity (Wildman–Crippen MR) is 91.2 cm³/mol. The fourth-order valence-electron chi connectivity index (χ4n) is 7.87. The van der Waals surface area contributed by atoms with Gasteiger partial charge in [0.05, 0.1) is 0 Å². The first-order valence-electron chi connectivity index (χ1n) is 10.1. The molecule has 152 valence electrons. The van der Waals surface area contributed by atoms with Crippen LogP contribution >= 0.6 is 0 Å². The average Bonchev–Trinajstić information content (AvgIpc) is 3.42. The van der Waals surface area contributed by atoms with Gasteiger partial charge in [0.1, 0.15) is 21.7 Å². The first-order chi connectivity index (χ1) is 13.2. The molecule has 0 amide bonds. The molecular weight excluding hydrogens is 368 g/mol. The van der Waals surface area contributed by atoms with Crippen molar-refractivity contribution in [1.82, 2.24) is 0 Å². The monoisotopic (exact) mass is 392 g/mol. The zero-order valence-electron chi connectivity index (χ0n) is 15.4. The second-order valence-electron chi connectivity index (χ2n) is 9.55. The highest BCUT2D eigenvalue weighted by atomic mass is 16.4. The number of rotatable bonds is 8. The fraction of sp³-hybridized carbons (Fsp3) is 0.800. The molecule has 5 aliphatic rings. The van der Waals surface area contributed by atoms with Crippen LogP contribution in [0.4, 0.5) is 0 Å². The molecule has 5 saturated carbocycles. The summed E-state index contributed by atoms with van der Waals surface area (Å²) in [6.07, 6.45) is 3.53. The van der Waals surface area contributed by atoms with Crippen molar-refractivity contribution in [3.8, 4) is 0 Å². The highest BCUT2D eigenvalue weighted by molar-refractivity contribution is 6.07. The van der Waals surface area contributed by atoms with Crippen LogP contribution in [0.2, 0.25) is 0 Å². The van der Waals surface area contributed by atoms with Crippen molar-refractivity contribution < 1.29 is 39.6 Å². The summed E-state index contributed by atoms with van der Waals surface area (Å²) in [5.41, 5.74) is -8.22. The van der Waals surface area contributed by atoms with E-state index < -0.39 is 69.2 Å². The zero-order valence-corrected chi connectivity index (χ0v) is 15.4. The van der Waals surface area contributed by atoms with Gasteiger partial charge in [0.25, 0.3) is 0 Å². The molecule has 0 radical (unpaired) electrons. The Morgan fingerprint density at radius 2 is 0.571 bits per heavy atom. The number of carboxylic acids is 4. The highest BCUT2D eigenvalue weighted by Gasteiger charge is 3.04. The highest BCUT2D eigenvalue weighted by Crippen LogP contribution is 2.94. The van der Waals surface area contributed by atoms with E-state index in [1.54, 1.807) is 0 Å². The van der Waals surface area contributed by atoms with E-state index >= 15 is 0 Å². The molecule has 5 fully saturated rings. The van der Waals surface area contributed by atoms with Crippen LogP contribution in [0.25, 0.3) is 0 Å². The Labute approximate surface area is 160 Å². The maximum absolute atomic E-state index is 12.9. The second-order valence-corrected chi connectivity index (χ2v) is 9.55. The van der Waals surface area contributed by atoms with Gasteiger partial charge < -0.3 is 20.4 Å². The third kappa shape index (κ3) is 1.42. The van der Waals surface area contributed by atoms with Crippen molar-refractivity contribution in [3.05, 3.63) is 0 Å². The van der Waals surface area contributed by atoms with Crippen LogP contribution < -0.4 is 0 Å². The van der Waals surface area contributed by atoms with Crippen LogP contribution in [0.1, 0.15) is 51.4 Å². The SMILES string of the molecule is O=C(O)C1(C2CC2)C(C(=O)O)(C2CC2)C(C(=O)O)(C2CC2)C1(C(=O)O)C1CC1. The first kappa shape index (κ1) is 17.9. The number of hydrogen-bond acceptors (Lipinski definition) is 4. The summed E-state index contributed by atoms with van der Waals surface area (Å²) in [6.45, 7) is 0. The van der Waals surface area contributed by atoms with Gasteiger partial charge in [-0.1, -0.05) is 0 Å². The van der Waals surface area contributed by atoms with Gasteiger partial charge >= 0.3 is 23.9 Å².